The van der Waals surface area contributed by atoms with E-state index >= 15 is 0 Å². The second-order valence-electron chi connectivity index (χ2n) is 4.85. The molecule has 0 unspecified atom stereocenters. The lowest BCUT2D eigenvalue weighted by atomic mass is 10.2. The Kier molecular flexibility index (Phi) is 4.21. The van der Waals surface area contributed by atoms with E-state index in [0.29, 0.717) is 6.42 Å². The summed E-state index contributed by atoms with van der Waals surface area (Å²) in [6, 6.07) is 3.85. The molecule has 0 spiro atoms. The highest BCUT2D eigenvalue weighted by atomic mass is 16.3. The number of carbonyl (C=O) groups is 2. The molecular weight excluding hydrogens is 246 g/mol. The lowest BCUT2D eigenvalue weighted by Crippen LogP contribution is -2.41. The van der Waals surface area contributed by atoms with Gasteiger partial charge in [0.2, 0.25) is 0 Å². The van der Waals surface area contributed by atoms with Crippen LogP contribution in [0.1, 0.15) is 31.1 Å². The third kappa shape index (κ3) is 3.82. The zero-order valence-electron chi connectivity index (χ0n) is 10.9. The molecule has 1 aromatic rings. The molecule has 1 saturated carbocycles. The van der Waals surface area contributed by atoms with Crippen LogP contribution in [0.15, 0.2) is 18.3 Å². The number of hydrogen-bond donors (Lipinski definition) is 3. The monoisotopic (exact) mass is 265 g/mol. The van der Waals surface area contributed by atoms with E-state index in [4.69, 9.17) is 0 Å². The van der Waals surface area contributed by atoms with E-state index in [0.717, 1.165) is 18.5 Å². The van der Waals surface area contributed by atoms with E-state index in [1.165, 1.54) is 0 Å². The lowest BCUT2D eigenvalue weighted by molar-refractivity contribution is -0.139. The highest BCUT2D eigenvalue weighted by molar-refractivity contribution is 6.35. The summed E-state index contributed by atoms with van der Waals surface area (Å²) in [6.07, 6.45) is 3.48. The van der Waals surface area contributed by atoms with E-state index in [1.54, 1.807) is 0 Å². The number of hydrogen-bond acceptors (Lipinski definition) is 3. The molecule has 0 radical (unpaired) electrons. The minimum Gasteiger partial charge on any atom is -0.387 e. The minimum absolute atomic E-state index is 0.173. The number of nitrogens with one attached hydrogen (secondary N) is 2. The summed E-state index contributed by atoms with van der Waals surface area (Å²) in [7, 11) is 1.85. The van der Waals surface area contributed by atoms with Crippen molar-refractivity contribution in [3.63, 3.8) is 0 Å². The number of rotatable bonds is 5. The molecule has 1 atom stereocenters. The third-order valence-electron chi connectivity index (χ3n) is 3.15. The first kappa shape index (κ1) is 13.6. The van der Waals surface area contributed by atoms with Gasteiger partial charge < -0.3 is 20.3 Å². The third-order valence-corrected chi connectivity index (χ3v) is 3.15. The lowest BCUT2D eigenvalue weighted by Gasteiger charge is -2.12. The molecule has 0 bridgehead atoms. The van der Waals surface area contributed by atoms with Crippen molar-refractivity contribution in [3.05, 3.63) is 24.0 Å². The molecule has 2 rings (SSSR count). The molecule has 1 aliphatic carbocycles. The van der Waals surface area contributed by atoms with Gasteiger partial charge in [-0.2, -0.15) is 0 Å². The van der Waals surface area contributed by atoms with Crippen molar-refractivity contribution >= 4 is 11.8 Å². The summed E-state index contributed by atoms with van der Waals surface area (Å²) >= 11 is 0. The van der Waals surface area contributed by atoms with Gasteiger partial charge >= 0.3 is 11.8 Å². The van der Waals surface area contributed by atoms with E-state index in [2.05, 4.69) is 10.6 Å². The largest absolute Gasteiger partial charge is 0.387 e. The highest BCUT2D eigenvalue weighted by Crippen LogP contribution is 2.18. The molecule has 1 heterocycles. The molecular formula is C13H19N3O3. The smallest absolute Gasteiger partial charge is 0.309 e. The van der Waals surface area contributed by atoms with E-state index in [9.17, 15) is 14.7 Å². The average Bonchev–Trinajstić information content (AvgIpc) is 3.08. The van der Waals surface area contributed by atoms with Gasteiger partial charge in [-0.15, -0.1) is 0 Å². The zero-order valence-corrected chi connectivity index (χ0v) is 10.9. The van der Waals surface area contributed by atoms with Crippen LogP contribution in [0, 0.1) is 0 Å². The Morgan fingerprint density at radius 1 is 1.47 bits per heavy atom. The average molecular weight is 265 g/mol. The number of aliphatic hydroxyl groups excluding tert-OH is 1. The standard InChI is InChI=1S/C13H19N3O3/c1-16-8-2-3-10(16)11(17)6-7-14-12(18)13(19)15-9-4-5-9/h2-3,8-9,11,17H,4-7H2,1H3,(H,14,18)(H,15,19)/t11-/m0/s1. The fourth-order valence-electron chi connectivity index (χ4n) is 1.85. The second-order valence-corrected chi connectivity index (χ2v) is 4.85. The van der Waals surface area contributed by atoms with Crippen molar-refractivity contribution in [2.45, 2.75) is 31.4 Å². The van der Waals surface area contributed by atoms with Crippen LogP contribution in [-0.4, -0.2) is 34.1 Å². The Hall–Kier alpha value is -1.82. The van der Waals surface area contributed by atoms with Crippen LogP contribution in [0.2, 0.25) is 0 Å². The molecule has 1 fully saturated rings. The highest BCUT2D eigenvalue weighted by Gasteiger charge is 2.26. The fourth-order valence-corrected chi connectivity index (χ4v) is 1.85. The topological polar surface area (TPSA) is 83.4 Å². The first-order valence-corrected chi connectivity index (χ1v) is 6.46. The predicted molar refractivity (Wildman–Crippen MR) is 69.2 cm³/mol. The van der Waals surface area contributed by atoms with Gasteiger partial charge in [0.25, 0.3) is 0 Å². The number of aryl methyl sites for hydroxylation is 1. The van der Waals surface area contributed by atoms with Crippen LogP contribution in [-0.2, 0) is 16.6 Å². The quantitative estimate of drug-likeness (QED) is 0.647. The van der Waals surface area contributed by atoms with Crippen LogP contribution in [0.5, 0.6) is 0 Å². The molecule has 19 heavy (non-hydrogen) atoms. The molecule has 6 nitrogen and oxygen atoms in total. The van der Waals surface area contributed by atoms with Crippen molar-refractivity contribution in [1.82, 2.24) is 15.2 Å². The van der Waals surface area contributed by atoms with Gasteiger partial charge in [0.1, 0.15) is 0 Å². The molecule has 104 valence electrons. The van der Waals surface area contributed by atoms with Crippen LogP contribution in [0.4, 0.5) is 0 Å². The van der Waals surface area contributed by atoms with Crippen molar-refractivity contribution in [2.75, 3.05) is 6.54 Å². The Morgan fingerprint density at radius 2 is 2.21 bits per heavy atom. The first-order chi connectivity index (χ1) is 9.08. The van der Waals surface area contributed by atoms with Crippen molar-refractivity contribution in [2.24, 2.45) is 7.05 Å². The summed E-state index contributed by atoms with van der Waals surface area (Å²) < 4.78 is 1.83. The molecule has 1 aromatic heterocycles. The van der Waals surface area contributed by atoms with Gasteiger partial charge in [-0.3, -0.25) is 9.59 Å². The molecule has 0 aliphatic heterocycles. The molecule has 1 aliphatic rings. The van der Waals surface area contributed by atoms with E-state index in [-0.39, 0.29) is 12.6 Å². The SMILES string of the molecule is Cn1cccc1[C@@H](O)CCNC(=O)C(=O)NC1CC1. The second kappa shape index (κ2) is 5.88. The normalized spacial score (nSPS) is 15.9. The zero-order chi connectivity index (χ0) is 13.8. The van der Waals surface area contributed by atoms with Crippen molar-refractivity contribution < 1.29 is 14.7 Å². The molecule has 0 aromatic carbocycles. The van der Waals surface area contributed by atoms with Crippen LogP contribution < -0.4 is 10.6 Å². The molecule has 0 saturated heterocycles. The van der Waals surface area contributed by atoms with Gasteiger partial charge in [0.05, 0.1) is 6.10 Å². The fraction of sp³-hybridized carbons (Fsp3) is 0.538. The van der Waals surface area contributed by atoms with Gasteiger partial charge in [0.15, 0.2) is 0 Å². The van der Waals surface area contributed by atoms with Crippen molar-refractivity contribution in [3.8, 4) is 0 Å². The van der Waals surface area contributed by atoms with Crippen LogP contribution in [0.25, 0.3) is 0 Å². The molecule has 3 N–H and O–H groups in total. The van der Waals surface area contributed by atoms with Gasteiger partial charge in [-0.05, 0) is 31.4 Å². The predicted octanol–water partition coefficient (Wildman–Crippen LogP) is -0.157. The number of amides is 2. The number of carbonyl (C=O) groups excluding carboxylic acids is 2. The Morgan fingerprint density at radius 3 is 2.79 bits per heavy atom. The van der Waals surface area contributed by atoms with Gasteiger partial charge in [0, 0.05) is 31.5 Å². The maximum atomic E-state index is 11.4. The summed E-state index contributed by atoms with van der Waals surface area (Å²) in [5.41, 5.74) is 0.789. The maximum absolute atomic E-state index is 11.4. The number of aliphatic hydroxyl groups is 1. The number of aromatic nitrogens is 1. The summed E-state index contributed by atoms with van der Waals surface area (Å²) in [6.45, 7) is 0.267. The summed E-state index contributed by atoms with van der Waals surface area (Å²) in [5.74, 6) is -1.22. The van der Waals surface area contributed by atoms with Crippen molar-refractivity contribution in [1.29, 1.82) is 0 Å². The summed E-state index contributed by atoms with van der Waals surface area (Å²) in [4.78, 5) is 22.8. The van der Waals surface area contributed by atoms with Crippen LogP contribution in [0.3, 0.4) is 0 Å². The minimum atomic E-state index is -0.646. The summed E-state index contributed by atoms with van der Waals surface area (Å²) in [5, 5.41) is 15.0. The first-order valence-electron chi connectivity index (χ1n) is 6.46. The van der Waals surface area contributed by atoms with Gasteiger partial charge in [-0.1, -0.05) is 0 Å². The van der Waals surface area contributed by atoms with Gasteiger partial charge in [-0.25, -0.2) is 0 Å². The molecule has 6 heteroatoms. The Labute approximate surface area is 111 Å². The van der Waals surface area contributed by atoms with Crippen LogP contribution >= 0.6 is 0 Å². The Bertz CT molecular complexity index is 465. The van der Waals surface area contributed by atoms with E-state index < -0.39 is 17.9 Å². The number of nitrogens with zero attached hydrogens (tertiary/aromatic N) is 1. The Balaban J connectivity index is 1.69. The van der Waals surface area contributed by atoms with E-state index in [1.807, 2.05) is 29.9 Å². The maximum Gasteiger partial charge on any atom is 0.309 e. The molecule has 2 amide bonds.